The lowest BCUT2D eigenvalue weighted by molar-refractivity contribution is -0.116. The molecule has 1 rings (SSSR count). The molecule has 0 saturated carbocycles. The van der Waals surface area contributed by atoms with Gasteiger partial charge in [0.25, 0.3) is 0 Å². The van der Waals surface area contributed by atoms with Gasteiger partial charge in [-0.2, -0.15) is 0 Å². The van der Waals surface area contributed by atoms with Gasteiger partial charge in [-0.3, -0.25) is 4.79 Å². The SMILES string of the molecule is COc1ccc(C/C=C/CCC/C=C/C=C/C(=O)NCC(C)C)cc1OC. The van der Waals surface area contributed by atoms with Gasteiger partial charge in [0, 0.05) is 12.6 Å². The minimum atomic E-state index is -0.0357. The highest BCUT2D eigenvalue weighted by Gasteiger charge is 2.03. The van der Waals surface area contributed by atoms with Crippen molar-refractivity contribution in [3.8, 4) is 11.5 Å². The van der Waals surface area contributed by atoms with E-state index in [2.05, 4.69) is 43.5 Å². The van der Waals surface area contributed by atoms with Crippen LogP contribution in [0.2, 0.25) is 0 Å². The van der Waals surface area contributed by atoms with Gasteiger partial charge < -0.3 is 14.8 Å². The Kier molecular flexibility index (Phi) is 11.4. The molecule has 0 heterocycles. The van der Waals surface area contributed by atoms with Gasteiger partial charge in [0.15, 0.2) is 11.5 Å². The zero-order valence-corrected chi connectivity index (χ0v) is 17.0. The molecule has 1 amide bonds. The average Bonchev–Trinajstić information content (AvgIpc) is 2.67. The zero-order chi connectivity index (χ0) is 19.9. The van der Waals surface area contributed by atoms with E-state index in [4.69, 9.17) is 9.47 Å². The highest BCUT2D eigenvalue weighted by molar-refractivity contribution is 5.87. The number of ether oxygens (including phenoxy) is 2. The van der Waals surface area contributed by atoms with Gasteiger partial charge in [0.1, 0.15) is 0 Å². The largest absolute Gasteiger partial charge is 0.493 e. The second-order valence-electron chi connectivity index (χ2n) is 6.72. The van der Waals surface area contributed by atoms with Crippen LogP contribution in [0.25, 0.3) is 0 Å². The molecular formula is C23H33NO3. The number of amides is 1. The Bertz CT molecular complexity index is 645. The molecule has 0 fully saturated rings. The van der Waals surface area contributed by atoms with Crippen LogP contribution < -0.4 is 14.8 Å². The maximum Gasteiger partial charge on any atom is 0.243 e. The Morgan fingerprint density at radius 3 is 2.48 bits per heavy atom. The normalized spacial score (nSPS) is 11.7. The maximum absolute atomic E-state index is 11.5. The van der Waals surface area contributed by atoms with Crippen molar-refractivity contribution in [1.82, 2.24) is 5.32 Å². The summed E-state index contributed by atoms with van der Waals surface area (Å²) in [6, 6.07) is 6.00. The van der Waals surface area contributed by atoms with Crippen molar-refractivity contribution in [1.29, 1.82) is 0 Å². The predicted octanol–water partition coefficient (Wildman–Crippen LogP) is 4.86. The van der Waals surface area contributed by atoms with Crippen LogP contribution in [0.5, 0.6) is 11.5 Å². The molecule has 0 aliphatic rings. The molecule has 0 atom stereocenters. The van der Waals surface area contributed by atoms with Gasteiger partial charge in [-0.15, -0.1) is 0 Å². The molecule has 0 aromatic heterocycles. The molecule has 0 unspecified atom stereocenters. The average molecular weight is 372 g/mol. The first-order chi connectivity index (χ1) is 13.1. The Balaban J connectivity index is 2.20. The molecule has 0 radical (unpaired) electrons. The van der Waals surface area contributed by atoms with Crippen LogP contribution in [0.4, 0.5) is 0 Å². The minimum absolute atomic E-state index is 0.0357. The molecule has 0 saturated heterocycles. The summed E-state index contributed by atoms with van der Waals surface area (Å²) in [6.45, 7) is 4.86. The Morgan fingerprint density at radius 1 is 1.04 bits per heavy atom. The first-order valence-electron chi connectivity index (χ1n) is 9.53. The van der Waals surface area contributed by atoms with Crippen LogP contribution >= 0.6 is 0 Å². The van der Waals surface area contributed by atoms with Crippen LogP contribution in [-0.4, -0.2) is 26.7 Å². The van der Waals surface area contributed by atoms with Gasteiger partial charge in [-0.1, -0.05) is 50.3 Å². The number of methoxy groups -OCH3 is 2. The first-order valence-corrected chi connectivity index (χ1v) is 9.53. The van der Waals surface area contributed by atoms with Crippen LogP contribution in [0.1, 0.15) is 38.7 Å². The van der Waals surface area contributed by atoms with E-state index in [0.717, 1.165) is 37.2 Å². The summed E-state index contributed by atoms with van der Waals surface area (Å²) in [5.74, 6) is 1.95. The number of rotatable bonds is 12. The molecule has 0 aliphatic heterocycles. The molecule has 0 bridgehead atoms. The zero-order valence-electron chi connectivity index (χ0n) is 17.0. The molecule has 4 nitrogen and oxygen atoms in total. The van der Waals surface area contributed by atoms with E-state index in [1.165, 1.54) is 5.56 Å². The highest BCUT2D eigenvalue weighted by Crippen LogP contribution is 2.27. The van der Waals surface area contributed by atoms with E-state index < -0.39 is 0 Å². The Labute approximate surface area is 164 Å². The second kappa shape index (κ2) is 13.7. The number of benzene rings is 1. The van der Waals surface area contributed by atoms with Crippen LogP contribution in [-0.2, 0) is 11.2 Å². The van der Waals surface area contributed by atoms with E-state index in [-0.39, 0.29) is 5.91 Å². The molecule has 4 heteroatoms. The van der Waals surface area contributed by atoms with Gasteiger partial charge in [-0.25, -0.2) is 0 Å². The third kappa shape index (κ3) is 10.3. The van der Waals surface area contributed by atoms with Gasteiger partial charge in [-0.05, 0) is 49.3 Å². The summed E-state index contributed by atoms with van der Waals surface area (Å²) in [5.41, 5.74) is 1.20. The number of allylic oxidation sites excluding steroid dienone is 5. The third-order valence-corrected chi connectivity index (χ3v) is 3.89. The lowest BCUT2D eigenvalue weighted by Gasteiger charge is -2.08. The van der Waals surface area contributed by atoms with Crippen molar-refractivity contribution >= 4 is 5.91 Å². The van der Waals surface area contributed by atoms with Crippen LogP contribution in [0.15, 0.2) is 54.7 Å². The molecule has 1 N–H and O–H groups in total. The standard InChI is InChI=1S/C23H33NO3/c1-19(2)18-24-23(25)14-12-10-8-6-5-7-9-11-13-20-15-16-21(26-3)22(17-20)27-4/h8-12,14-17,19H,5-7,13,18H2,1-4H3,(H,24,25)/b10-8+,11-9+,14-12+. The van der Waals surface area contributed by atoms with Gasteiger partial charge in [0.2, 0.25) is 5.91 Å². The van der Waals surface area contributed by atoms with Crippen molar-refractivity contribution < 1.29 is 14.3 Å². The molecule has 1 aromatic rings. The molecule has 27 heavy (non-hydrogen) atoms. The van der Waals surface area contributed by atoms with Crippen molar-refractivity contribution in [2.75, 3.05) is 20.8 Å². The van der Waals surface area contributed by atoms with E-state index in [1.807, 2.05) is 18.2 Å². The van der Waals surface area contributed by atoms with Crippen molar-refractivity contribution in [2.24, 2.45) is 5.92 Å². The number of unbranched alkanes of at least 4 members (excludes halogenated alkanes) is 2. The third-order valence-electron chi connectivity index (χ3n) is 3.89. The predicted molar refractivity (Wildman–Crippen MR) is 112 cm³/mol. The van der Waals surface area contributed by atoms with Crippen molar-refractivity contribution in [3.05, 3.63) is 60.2 Å². The number of carbonyl (C=O) groups excluding carboxylic acids is 1. The molecule has 0 aliphatic carbocycles. The molecule has 148 valence electrons. The van der Waals surface area contributed by atoms with Crippen molar-refractivity contribution in [2.45, 2.75) is 39.5 Å². The summed E-state index contributed by atoms with van der Waals surface area (Å²) in [6.07, 6.45) is 15.8. The monoisotopic (exact) mass is 371 g/mol. The van der Waals surface area contributed by atoms with E-state index >= 15 is 0 Å². The van der Waals surface area contributed by atoms with Gasteiger partial charge >= 0.3 is 0 Å². The van der Waals surface area contributed by atoms with Crippen LogP contribution in [0.3, 0.4) is 0 Å². The molecule has 0 spiro atoms. The van der Waals surface area contributed by atoms with E-state index in [0.29, 0.717) is 12.5 Å². The lowest BCUT2D eigenvalue weighted by atomic mass is 10.1. The van der Waals surface area contributed by atoms with Crippen molar-refractivity contribution in [3.63, 3.8) is 0 Å². The Hall–Kier alpha value is -2.49. The first kappa shape index (κ1) is 22.6. The maximum atomic E-state index is 11.5. The van der Waals surface area contributed by atoms with Gasteiger partial charge in [0.05, 0.1) is 14.2 Å². The molecule has 1 aromatic carbocycles. The lowest BCUT2D eigenvalue weighted by Crippen LogP contribution is -2.25. The smallest absolute Gasteiger partial charge is 0.243 e. The number of hydrogen-bond acceptors (Lipinski definition) is 3. The fourth-order valence-electron chi connectivity index (χ4n) is 2.38. The fourth-order valence-corrected chi connectivity index (χ4v) is 2.38. The van der Waals surface area contributed by atoms with Crippen LogP contribution in [0, 0.1) is 5.92 Å². The molecular weight excluding hydrogens is 338 g/mol. The van der Waals surface area contributed by atoms with E-state index in [1.54, 1.807) is 26.4 Å². The Morgan fingerprint density at radius 2 is 1.78 bits per heavy atom. The summed E-state index contributed by atoms with van der Waals surface area (Å²) >= 11 is 0. The number of nitrogens with one attached hydrogen (secondary N) is 1. The summed E-state index contributed by atoms with van der Waals surface area (Å²) in [7, 11) is 3.29. The highest BCUT2D eigenvalue weighted by atomic mass is 16.5. The number of hydrogen-bond donors (Lipinski definition) is 1. The summed E-state index contributed by atoms with van der Waals surface area (Å²) in [4.78, 5) is 11.5. The topological polar surface area (TPSA) is 47.6 Å². The van der Waals surface area contributed by atoms with E-state index in [9.17, 15) is 4.79 Å². The summed E-state index contributed by atoms with van der Waals surface area (Å²) in [5, 5.41) is 2.85. The fraction of sp³-hybridized carbons (Fsp3) is 0.435. The quantitative estimate of drug-likeness (QED) is 0.247. The number of carbonyl (C=O) groups is 1. The minimum Gasteiger partial charge on any atom is -0.493 e. The summed E-state index contributed by atoms with van der Waals surface area (Å²) < 4.78 is 10.6. The second-order valence-corrected chi connectivity index (χ2v) is 6.72.